The second kappa shape index (κ2) is 3.11. The van der Waals surface area contributed by atoms with Crippen LogP contribution in [0.1, 0.15) is 32.1 Å². The SMILES string of the molecule is CN[C@@H]1CCC[C@@H]1NC1CC1. The summed E-state index contributed by atoms with van der Waals surface area (Å²) >= 11 is 0. The highest BCUT2D eigenvalue weighted by atomic mass is 15.1. The van der Waals surface area contributed by atoms with Crippen LogP contribution in [0.2, 0.25) is 0 Å². The first-order valence-corrected chi connectivity index (χ1v) is 4.83. The smallest absolute Gasteiger partial charge is 0.0223 e. The van der Waals surface area contributed by atoms with E-state index >= 15 is 0 Å². The second-order valence-corrected chi connectivity index (χ2v) is 3.87. The van der Waals surface area contributed by atoms with Crippen molar-refractivity contribution in [3.05, 3.63) is 0 Å². The lowest BCUT2D eigenvalue weighted by molar-refractivity contribution is 0.429. The summed E-state index contributed by atoms with van der Waals surface area (Å²) in [6, 6.07) is 2.39. The molecule has 2 nitrogen and oxygen atoms in total. The molecule has 2 N–H and O–H groups in total. The van der Waals surface area contributed by atoms with Gasteiger partial charge in [-0.2, -0.15) is 0 Å². The highest BCUT2D eigenvalue weighted by Gasteiger charge is 2.31. The first kappa shape index (κ1) is 7.56. The van der Waals surface area contributed by atoms with Gasteiger partial charge in [0, 0.05) is 18.1 Å². The molecule has 2 saturated carbocycles. The lowest BCUT2D eigenvalue weighted by Gasteiger charge is -2.19. The molecule has 0 heterocycles. The van der Waals surface area contributed by atoms with Gasteiger partial charge >= 0.3 is 0 Å². The van der Waals surface area contributed by atoms with E-state index in [0.29, 0.717) is 0 Å². The molecule has 2 rings (SSSR count). The van der Waals surface area contributed by atoms with Crippen LogP contribution in [0, 0.1) is 0 Å². The van der Waals surface area contributed by atoms with Crippen LogP contribution in [-0.4, -0.2) is 25.2 Å². The largest absolute Gasteiger partial charge is 0.315 e. The highest BCUT2D eigenvalue weighted by Crippen LogP contribution is 2.25. The Kier molecular flexibility index (Phi) is 2.14. The van der Waals surface area contributed by atoms with E-state index in [-0.39, 0.29) is 0 Å². The molecule has 0 amide bonds. The van der Waals surface area contributed by atoms with Gasteiger partial charge in [0.05, 0.1) is 0 Å². The monoisotopic (exact) mass is 154 g/mol. The Hall–Kier alpha value is -0.0800. The van der Waals surface area contributed by atoms with E-state index < -0.39 is 0 Å². The minimum atomic E-state index is 0.746. The van der Waals surface area contributed by atoms with Gasteiger partial charge in [-0.15, -0.1) is 0 Å². The van der Waals surface area contributed by atoms with Crippen molar-refractivity contribution in [1.82, 2.24) is 10.6 Å². The molecule has 0 bridgehead atoms. The summed E-state index contributed by atoms with van der Waals surface area (Å²) in [4.78, 5) is 0. The van der Waals surface area contributed by atoms with Gasteiger partial charge in [0.2, 0.25) is 0 Å². The zero-order valence-electron chi connectivity index (χ0n) is 7.27. The Labute approximate surface area is 68.7 Å². The summed E-state index contributed by atoms with van der Waals surface area (Å²) in [5.41, 5.74) is 0. The van der Waals surface area contributed by atoms with Gasteiger partial charge in [0.15, 0.2) is 0 Å². The van der Waals surface area contributed by atoms with Crippen LogP contribution < -0.4 is 10.6 Å². The molecule has 2 aliphatic rings. The Morgan fingerprint density at radius 2 is 1.73 bits per heavy atom. The topological polar surface area (TPSA) is 24.1 Å². The lowest BCUT2D eigenvalue weighted by atomic mass is 10.2. The molecule has 0 spiro atoms. The van der Waals surface area contributed by atoms with Crippen molar-refractivity contribution in [1.29, 1.82) is 0 Å². The standard InChI is InChI=1S/C9H18N2/c1-10-8-3-2-4-9(8)11-7-5-6-7/h7-11H,2-6H2,1H3/t8-,9+/m1/s1. The molecule has 2 aliphatic carbocycles. The summed E-state index contributed by atoms with van der Waals surface area (Å²) in [5, 5.41) is 7.08. The molecule has 0 aromatic carbocycles. The average molecular weight is 154 g/mol. The van der Waals surface area contributed by atoms with Gasteiger partial charge in [-0.25, -0.2) is 0 Å². The molecule has 64 valence electrons. The molecule has 0 unspecified atom stereocenters. The maximum Gasteiger partial charge on any atom is 0.0223 e. The fourth-order valence-electron chi connectivity index (χ4n) is 2.06. The molecule has 0 saturated heterocycles. The number of nitrogens with one attached hydrogen (secondary N) is 2. The maximum atomic E-state index is 3.69. The zero-order chi connectivity index (χ0) is 7.68. The van der Waals surface area contributed by atoms with E-state index in [1.165, 1.54) is 32.1 Å². The van der Waals surface area contributed by atoms with Crippen LogP contribution >= 0.6 is 0 Å². The van der Waals surface area contributed by atoms with Gasteiger partial charge in [0.1, 0.15) is 0 Å². The Bertz CT molecular complexity index is 132. The van der Waals surface area contributed by atoms with Crippen molar-refractivity contribution in [3.63, 3.8) is 0 Å². The van der Waals surface area contributed by atoms with Gasteiger partial charge < -0.3 is 10.6 Å². The predicted molar refractivity (Wildman–Crippen MR) is 46.6 cm³/mol. The Morgan fingerprint density at radius 1 is 1.00 bits per heavy atom. The van der Waals surface area contributed by atoms with Crippen molar-refractivity contribution in [2.45, 2.75) is 50.2 Å². The lowest BCUT2D eigenvalue weighted by Crippen LogP contribution is -2.43. The highest BCUT2D eigenvalue weighted by molar-refractivity contribution is 4.93. The first-order chi connectivity index (χ1) is 5.40. The van der Waals surface area contributed by atoms with Crippen molar-refractivity contribution in [3.8, 4) is 0 Å². The Balaban J connectivity index is 1.79. The second-order valence-electron chi connectivity index (χ2n) is 3.87. The quantitative estimate of drug-likeness (QED) is 0.630. The number of hydrogen-bond acceptors (Lipinski definition) is 2. The van der Waals surface area contributed by atoms with Crippen molar-refractivity contribution >= 4 is 0 Å². The third-order valence-electron chi connectivity index (χ3n) is 2.91. The molecule has 2 fully saturated rings. The van der Waals surface area contributed by atoms with Gasteiger partial charge in [-0.3, -0.25) is 0 Å². The first-order valence-electron chi connectivity index (χ1n) is 4.83. The summed E-state index contributed by atoms with van der Waals surface area (Å²) < 4.78 is 0. The number of likely N-dealkylation sites (N-methyl/N-ethyl adjacent to an activating group) is 1. The molecule has 0 radical (unpaired) electrons. The normalized spacial score (nSPS) is 37.9. The number of hydrogen-bond donors (Lipinski definition) is 2. The van der Waals surface area contributed by atoms with E-state index in [4.69, 9.17) is 0 Å². The van der Waals surface area contributed by atoms with E-state index in [0.717, 1.165) is 18.1 Å². The van der Waals surface area contributed by atoms with Crippen LogP contribution in [0.5, 0.6) is 0 Å². The van der Waals surface area contributed by atoms with Crippen molar-refractivity contribution in [2.75, 3.05) is 7.05 Å². The van der Waals surface area contributed by atoms with E-state index in [2.05, 4.69) is 17.7 Å². The van der Waals surface area contributed by atoms with Crippen LogP contribution in [0.4, 0.5) is 0 Å². The van der Waals surface area contributed by atoms with Crippen LogP contribution in [0.15, 0.2) is 0 Å². The number of rotatable bonds is 3. The predicted octanol–water partition coefficient (Wildman–Crippen LogP) is 0.879. The summed E-state index contributed by atoms with van der Waals surface area (Å²) in [6.07, 6.45) is 6.96. The summed E-state index contributed by atoms with van der Waals surface area (Å²) in [6.45, 7) is 0. The maximum absolute atomic E-state index is 3.69. The molecule has 0 aromatic rings. The molecule has 2 atom stereocenters. The van der Waals surface area contributed by atoms with Crippen LogP contribution in [0.25, 0.3) is 0 Å². The van der Waals surface area contributed by atoms with Crippen LogP contribution in [0.3, 0.4) is 0 Å². The third kappa shape index (κ3) is 1.74. The third-order valence-corrected chi connectivity index (χ3v) is 2.91. The molecule has 2 heteroatoms. The molecule has 0 aliphatic heterocycles. The fourth-order valence-corrected chi connectivity index (χ4v) is 2.06. The Morgan fingerprint density at radius 3 is 2.36 bits per heavy atom. The molecule has 0 aromatic heterocycles. The van der Waals surface area contributed by atoms with Crippen molar-refractivity contribution < 1.29 is 0 Å². The fraction of sp³-hybridized carbons (Fsp3) is 1.00. The zero-order valence-corrected chi connectivity index (χ0v) is 7.27. The molecule has 11 heavy (non-hydrogen) atoms. The average Bonchev–Trinajstić information content (AvgIpc) is 2.68. The summed E-state index contributed by atoms with van der Waals surface area (Å²) in [5.74, 6) is 0. The molecular weight excluding hydrogens is 136 g/mol. The van der Waals surface area contributed by atoms with E-state index in [1.807, 2.05) is 0 Å². The molecular formula is C9H18N2. The minimum absolute atomic E-state index is 0.746. The van der Waals surface area contributed by atoms with Gasteiger partial charge in [-0.1, -0.05) is 6.42 Å². The van der Waals surface area contributed by atoms with Crippen LogP contribution in [-0.2, 0) is 0 Å². The van der Waals surface area contributed by atoms with Gasteiger partial charge in [0.25, 0.3) is 0 Å². The minimum Gasteiger partial charge on any atom is -0.315 e. The summed E-state index contributed by atoms with van der Waals surface area (Å²) in [7, 11) is 2.08. The van der Waals surface area contributed by atoms with Gasteiger partial charge in [-0.05, 0) is 32.7 Å². The van der Waals surface area contributed by atoms with E-state index in [9.17, 15) is 0 Å². The van der Waals surface area contributed by atoms with Crippen molar-refractivity contribution in [2.24, 2.45) is 0 Å². The van der Waals surface area contributed by atoms with E-state index in [1.54, 1.807) is 0 Å².